The van der Waals surface area contributed by atoms with Crippen molar-refractivity contribution in [1.29, 1.82) is 0 Å². The lowest BCUT2D eigenvalue weighted by molar-refractivity contribution is -0.680. The summed E-state index contributed by atoms with van der Waals surface area (Å²) < 4.78 is 22.3. The number of quaternary nitrogens is 1. The van der Waals surface area contributed by atoms with Gasteiger partial charge in [-0.1, -0.05) is 37.6 Å². The molecule has 1 aliphatic heterocycles. The normalized spacial score (nSPS) is 18.0. The van der Waals surface area contributed by atoms with Crippen molar-refractivity contribution in [3.05, 3.63) is 64.5 Å². The van der Waals surface area contributed by atoms with Crippen LogP contribution in [0.1, 0.15) is 24.5 Å². The highest BCUT2D eigenvalue weighted by Gasteiger charge is 2.18. The fourth-order valence-corrected chi connectivity index (χ4v) is 2.81. The molecule has 2 rings (SSSR count). The fourth-order valence-electron chi connectivity index (χ4n) is 2.22. The second-order valence-corrected chi connectivity index (χ2v) is 5.60. The molecule has 4 nitrogen and oxygen atoms in total. The van der Waals surface area contributed by atoms with Crippen LogP contribution in [-0.4, -0.2) is 13.4 Å². The monoisotopic (exact) mass is 291 g/mol. The first kappa shape index (κ1) is 14.7. The third-order valence-corrected chi connectivity index (χ3v) is 3.98. The molecule has 1 N–H and O–H groups in total. The average molecular weight is 291 g/mol. The predicted molar refractivity (Wildman–Crippen MR) is 79.6 cm³/mol. The average Bonchev–Trinajstić information content (AvgIpc) is 2.41. The first-order valence-electron chi connectivity index (χ1n) is 6.57. The quantitative estimate of drug-likeness (QED) is 0.666. The number of hydrogen-bond acceptors (Lipinski definition) is 3. The van der Waals surface area contributed by atoms with Crippen molar-refractivity contribution in [2.75, 3.05) is 0 Å². The second kappa shape index (κ2) is 6.65. The first-order chi connectivity index (χ1) is 9.61. The highest BCUT2D eigenvalue weighted by molar-refractivity contribution is 7.72. The molecule has 5 heteroatoms. The summed E-state index contributed by atoms with van der Waals surface area (Å²) in [6.07, 6.45) is 7.14. The largest absolute Gasteiger partial charge is 0.623 e. The van der Waals surface area contributed by atoms with Gasteiger partial charge in [0.25, 0.3) is 15.3 Å². The molecule has 0 radical (unpaired) electrons. The van der Waals surface area contributed by atoms with Gasteiger partial charge in [0, 0.05) is 12.0 Å². The highest BCUT2D eigenvalue weighted by atomic mass is 32.2. The lowest BCUT2D eigenvalue weighted by atomic mass is 10.0. The van der Waals surface area contributed by atoms with Gasteiger partial charge in [-0.15, -0.1) is 0 Å². The van der Waals surface area contributed by atoms with Crippen LogP contribution in [0.2, 0.25) is 0 Å². The molecule has 0 bridgehead atoms. The van der Waals surface area contributed by atoms with Gasteiger partial charge in [0.2, 0.25) is 0 Å². The standard InChI is InChI=1S/C15H17NO3S/c1-2-4-12-6-8-13(9-7-12)11-14-5-3-10-16(17)15(14)20(18)19/h3,5-10,16H,2,4,11H2,1H3. The van der Waals surface area contributed by atoms with Crippen LogP contribution in [0.3, 0.4) is 0 Å². The van der Waals surface area contributed by atoms with E-state index in [0.29, 0.717) is 12.0 Å². The van der Waals surface area contributed by atoms with Crippen molar-refractivity contribution in [2.24, 2.45) is 0 Å². The van der Waals surface area contributed by atoms with Crippen LogP contribution in [-0.2, 0) is 23.1 Å². The van der Waals surface area contributed by atoms with E-state index in [1.165, 1.54) is 11.8 Å². The molecule has 0 saturated carbocycles. The molecule has 1 aromatic carbocycles. The zero-order chi connectivity index (χ0) is 14.5. The summed E-state index contributed by atoms with van der Waals surface area (Å²) in [4.78, 5) is -0.120. The van der Waals surface area contributed by atoms with E-state index >= 15 is 0 Å². The van der Waals surface area contributed by atoms with Crippen LogP contribution in [0.5, 0.6) is 0 Å². The first-order valence-corrected chi connectivity index (χ1v) is 7.65. The maximum Gasteiger partial charge on any atom is 0.277 e. The third kappa shape index (κ3) is 3.45. The summed E-state index contributed by atoms with van der Waals surface area (Å²) >= 11 is 0. The van der Waals surface area contributed by atoms with Gasteiger partial charge in [-0.05, 0) is 29.7 Å². The molecule has 0 amide bonds. The Kier molecular flexibility index (Phi) is 4.89. The number of benzene rings is 1. The molecular formula is C15H17NO3S. The molecule has 1 heterocycles. The Hall–Kier alpha value is -1.69. The Bertz CT molecular complexity index is 662. The number of hydroxylamine groups is 2. The number of allylic oxidation sites excluding steroid dienone is 2. The zero-order valence-electron chi connectivity index (χ0n) is 11.3. The zero-order valence-corrected chi connectivity index (χ0v) is 12.1. The van der Waals surface area contributed by atoms with Crippen LogP contribution >= 0.6 is 0 Å². The van der Waals surface area contributed by atoms with Crippen molar-refractivity contribution in [2.45, 2.75) is 26.2 Å². The number of rotatable bonds is 4. The minimum Gasteiger partial charge on any atom is -0.623 e. The van der Waals surface area contributed by atoms with Crippen molar-refractivity contribution < 1.29 is 13.5 Å². The van der Waals surface area contributed by atoms with Crippen molar-refractivity contribution in [1.82, 2.24) is 0 Å². The van der Waals surface area contributed by atoms with Gasteiger partial charge in [0.15, 0.2) is 0 Å². The highest BCUT2D eigenvalue weighted by Crippen LogP contribution is 2.12. The van der Waals surface area contributed by atoms with Gasteiger partial charge in [0.05, 0.1) is 0 Å². The molecule has 1 unspecified atom stereocenters. The summed E-state index contributed by atoms with van der Waals surface area (Å²) in [5.74, 6) is 0. The molecule has 106 valence electrons. The summed E-state index contributed by atoms with van der Waals surface area (Å²) in [7, 11) is -2.50. The molecule has 0 spiro atoms. The Morgan fingerprint density at radius 3 is 2.40 bits per heavy atom. The van der Waals surface area contributed by atoms with Gasteiger partial charge in [0.1, 0.15) is 6.20 Å². The molecule has 0 saturated heterocycles. The van der Waals surface area contributed by atoms with Crippen LogP contribution in [0.4, 0.5) is 0 Å². The minimum atomic E-state index is -2.50. The molecule has 1 aliphatic rings. The number of nitrogens with one attached hydrogen (secondary N) is 1. The molecule has 0 aliphatic carbocycles. The van der Waals surface area contributed by atoms with Gasteiger partial charge in [-0.25, -0.2) is 0 Å². The van der Waals surface area contributed by atoms with Gasteiger partial charge >= 0.3 is 0 Å². The van der Waals surface area contributed by atoms with E-state index in [-0.39, 0.29) is 4.99 Å². The van der Waals surface area contributed by atoms with E-state index in [0.717, 1.165) is 18.4 Å². The maximum absolute atomic E-state index is 11.6. The smallest absolute Gasteiger partial charge is 0.277 e. The molecule has 0 fully saturated rings. The van der Waals surface area contributed by atoms with E-state index in [1.807, 2.05) is 24.3 Å². The van der Waals surface area contributed by atoms with Gasteiger partial charge in [-0.3, -0.25) is 0 Å². The molecular weight excluding hydrogens is 274 g/mol. The Morgan fingerprint density at radius 2 is 1.80 bits per heavy atom. The topological polar surface area (TPSA) is 61.6 Å². The van der Waals surface area contributed by atoms with E-state index in [1.54, 1.807) is 12.2 Å². The van der Waals surface area contributed by atoms with Crippen LogP contribution in [0.25, 0.3) is 0 Å². The SMILES string of the molecule is CCCc1ccc(CC2=CC=C[NH+]([O-])C2=S(=O)=O)cc1. The van der Waals surface area contributed by atoms with Crippen LogP contribution in [0.15, 0.2) is 48.2 Å². The van der Waals surface area contributed by atoms with Gasteiger partial charge in [-0.2, -0.15) is 8.42 Å². The number of aryl methyl sites for hydroxylation is 1. The van der Waals surface area contributed by atoms with Crippen molar-refractivity contribution >= 4 is 15.3 Å². The van der Waals surface area contributed by atoms with Crippen molar-refractivity contribution in [3.63, 3.8) is 0 Å². The summed E-state index contributed by atoms with van der Waals surface area (Å²) in [5.41, 5.74) is 2.82. The van der Waals surface area contributed by atoms with E-state index in [9.17, 15) is 13.6 Å². The second-order valence-electron chi connectivity index (χ2n) is 4.72. The molecule has 20 heavy (non-hydrogen) atoms. The lowest BCUT2D eigenvalue weighted by Crippen LogP contribution is -3.06. The fraction of sp³-hybridized carbons (Fsp3) is 0.267. The Morgan fingerprint density at radius 1 is 1.15 bits per heavy atom. The molecule has 1 aromatic rings. The summed E-state index contributed by atoms with van der Waals surface area (Å²) in [5, 5.41) is 11.2. The predicted octanol–water partition coefficient (Wildman–Crippen LogP) is 1.03. The summed E-state index contributed by atoms with van der Waals surface area (Å²) in [6.45, 7) is 2.13. The lowest BCUT2D eigenvalue weighted by Gasteiger charge is -2.21. The third-order valence-electron chi connectivity index (χ3n) is 3.18. The summed E-state index contributed by atoms with van der Waals surface area (Å²) in [6, 6.07) is 8.07. The van der Waals surface area contributed by atoms with Gasteiger partial charge < -0.3 is 10.3 Å². The van der Waals surface area contributed by atoms with E-state index < -0.39 is 15.4 Å². The van der Waals surface area contributed by atoms with Crippen LogP contribution in [0, 0.1) is 5.21 Å². The Labute approximate surface area is 120 Å². The number of hydrogen-bond donors (Lipinski definition) is 1. The van der Waals surface area contributed by atoms with E-state index in [4.69, 9.17) is 0 Å². The molecule has 0 aromatic heterocycles. The van der Waals surface area contributed by atoms with Crippen molar-refractivity contribution in [3.8, 4) is 0 Å². The maximum atomic E-state index is 11.6. The van der Waals surface area contributed by atoms with Crippen LogP contribution < -0.4 is 5.06 Å². The van der Waals surface area contributed by atoms with E-state index in [2.05, 4.69) is 6.92 Å². The Balaban J connectivity index is 2.22. The molecule has 1 atom stereocenters. The minimum absolute atomic E-state index is 0.120.